The van der Waals surface area contributed by atoms with Gasteiger partial charge < -0.3 is 5.32 Å². The van der Waals surface area contributed by atoms with E-state index in [0.29, 0.717) is 12.8 Å². The zero-order valence-corrected chi connectivity index (χ0v) is 11.9. The van der Waals surface area contributed by atoms with Gasteiger partial charge in [0.05, 0.1) is 11.4 Å². The minimum absolute atomic E-state index is 0.0717. The van der Waals surface area contributed by atoms with Crippen molar-refractivity contribution in [1.82, 2.24) is 15.3 Å². The molecule has 0 aromatic carbocycles. The SMILES string of the molecule is CC(C)NC(=O)CCc1csc(-c2ccccn2)n1. The minimum atomic E-state index is 0.0717. The van der Waals surface area contributed by atoms with Gasteiger partial charge in [0.2, 0.25) is 5.91 Å². The zero-order chi connectivity index (χ0) is 13.7. The topological polar surface area (TPSA) is 54.9 Å². The van der Waals surface area contributed by atoms with Gasteiger partial charge >= 0.3 is 0 Å². The zero-order valence-electron chi connectivity index (χ0n) is 11.1. The number of carbonyl (C=O) groups is 1. The second kappa shape index (κ2) is 6.43. The molecule has 100 valence electrons. The molecule has 0 radical (unpaired) electrons. The Kier molecular flexibility index (Phi) is 4.63. The lowest BCUT2D eigenvalue weighted by Gasteiger charge is -2.06. The number of nitrogens with zero attached hydrogens (tertiary/aromatic N) is 2. The Morgan fingerprint density at radius 2 is 2.26 bits per heavy atom. The van der Waals surface area contributed by atoms with Gasteiger partial charge in [-0.05, 0) is 32.4 Å². The van der Waals surface area contributed by atoms with Crippen LogP contribution in [0.2, 0.25) is 0 Å². The molecule has 2 aromatic rings. The summed E-state index contributed by atoms with van der Waals surface area (Å²) in [6, 6.07) is 5.95. The summed E-state index contributed by atoms with van der Waals surface area (Å²) >= 11 is 1.56. The molecule has 1 N–H and O–H groups in total. The predicted octanol–water partition coefficient (Wildman–Crippen LogP) is 2.66. The Balaban J connectivity index is 1.93. The van der Waals surface area contributed by atoms with Crippen LogP contribution in [0.25, 0.3) is 10.7 Å². The molecule has 2 aromatic heterocycles. The fraction of sp³-hybridized carbons (Fsp3) is 0.357. The van der Waals surface area contributed by atoms with Crippen molar-refractivity contribution < 1.29 is 4.79 Å². The van der Waals surface area contributed by atoms with Crippen LogP contribution in [0.15, 0.2) is 29.8 Å². The van der Waals surface area contributed by atoms with Crippen molar-refractivity contribution in [2.24, 2.45) is 0 Å². The van der Waals surface area contributed by atoms with Crippen LogP contribution < -0.4 is 5.32 Å². The molecule has 0 saturated carbocycles. The van der Waals surface area contributed by atoms with Crippen molar-refractivity contribution in [2.45, 2.75) is 32.7 Å². The Bertz CT molecular complexity index is 537. The molecule has 4 nitrogen and oxygen atoms in total. The van der Waals surface area contributed by atoms with Crippen molar-refractivity contribution in [3.63, 3.8) is 0 Å². The van der Waals surface area contributed by atoms with E-state index in [4.69, 9.17) is 0 Å². The number of hydrogen-bond acceptors (Lipinski definition) is 4. The number of rotatable bonds is 5. The van der Waals surface area contributed by atoms with Crippen LogP contribution in [0.5, 0.6) is 0 Å². The summed E-state index contributed by atoms with van der Waals surface area (Å²) < 4.78 is 0. The maximum absolute atomic E-state index is 11.6. The summed E-state index contributed by atoms with van der Waals surface area (Å²) in [7, 11) is 0. The molecule has 2 heterocycles. The average molecular weight is 275 g/mol. The summed E-state index contributed by atoms with van der Waals surface area (Å²) in [5.41, 5.74) is 1.83. The molecule has 0 bridgehead atoms. The van der Waals surface area contributed by atoms with E-state index in [-0.39, 0.29) is 11.9 Å². The first-order chi connectivity index (χ1) is 9.15. The van der Waals surface area contributed by atoms with Crippen molar-refractivity contribution in [3.05, 3.63) is 35.5 Å². The van der Waals surface area contributed by atoms with E-state index in [2.05, 4.69) is 15.3 Å². The maximum Gasteiger partial charge on any atom is 0.220 e. The Hall–Kier alpha value is -1.75. The second-order valence-electron chi connectivity index (χ2n) is 4.58. The Morgan fingerprint density at radius 1 is 1.42 bits per heavy atom. The average Bonchev–Trinajstić information content (AvgIpc) is 2.85. The van der Waals surface area contributed by atoms with Crippen molar-refractivity contribution in [1.29, 1.82) is 0 Å². The number of amides is 1. The highest BCUT2D eigenvalue weighted by Gasteiger charge is 2.08. The molecule has 5 heteroatoms. The number of carbonyl (C=O) groups excluding carboxylic acids is 1. The lowest BCUT2D eigenvalue weighted by molar-refractivity contribution is -0.121. The first-order valence-electron chi connectivity index (χ1n) is 6.30. The Labute approximate surface area is 116 Å². The summed E-state index contributed by atoms with van der Waals surface area (Å²) in [5.74, 6) is 0.0717. The molecule has 0 spiro atoms. The van der Waals surface area contributed by atoms with Crippen LogP contribution in [-0.2, 0) is 11.2 Å². The van der Waals surface area contributed by atoms with Crippen LogP contribution in [0, 0.1) is 0 Å². The van der Waals surface area contributed by atoms with Gasteiger partial charge in [0, 0.05) is 24.0 Å². The van der Waals surface area contributed by atoms with Crippen LogP contribution in [0.4, 0.5) is 0 Å². The summed E-state index contributed by atoms with van der Waals surface area (Å²) in [6.45, 7) is 3.92. The highest BCUT2D eigenvalue weighted by Crippen LogP contribution is 2.21. The van der Waals surface area contributed by atoms with Gasteiger partial charge in [-0.1, -0.05) is 6.07 Å². The highest BCUT2D eigenvalue weighted by atomic mass is 32.1. The first-order valence-corrected chi connectivity index (χ1v) is 7.18. The van der Waals surface area contributed by atoms with E-state index >= 15 is 0 Å². The molecular weight excluding hydrogens is 258 g/mol. The number of hydrogen-bond donors (Lipinski definition) is 1. The number of aryl methyl sites for hydroxylation is 1. The van der Waals surface area contributed by atoms with Crippen LogP contribution in [-0.4, -0.2) is 21.9 Å². The number of thiazole rings is 1. The van der Waals surface area contributed by atoms with E-state index in [0.717, 1.165) is 16.4 Å². The third kappa shape index (κ3) is 4.13. The molecule has 2 rings (SSSR count). The summed E-state index contributed by atoms with van der Waals surface area (Å²) in [5, 5.41) is 5.77. The summed E-state index contributed by atoms with van der Waals surface area (Å²) in [4.78, 5) is 20.3. The fourth-order valence-corrected chi connectivity index (χ4v) is 2.49. The van der Waals surface area contributed by atoms with Gasteiger partial charge in [0.1, 0.15) is 5.01 Å². The second-order valence-corrected chi connectivity index (χ2v) is 5.44. The first kappa shape index (κ1) is 13.7. The van der Waals surface area contributed by atoms with Crippen LogP contribution >= 0.6 is 11.3 Å². The molecule has 0 aliphatic carbocycles. The number of aromatic nitrogens is 2. The largest absolute Gasteiger partial charge is 0.354 e. The maximum atomic E-state index is 11.6. The molecule has 0 fully saturated rings. The molecule has 19 heavy (non-hydrogen) atoms. The van der Waals surface area contributed by atoms with Gasteiger partial charge in [-0.2, -0.15) is 0 Å². The van der Waals surface area contributed by atoms with Gasteiger partial charge in [0.15, 0.2) is 0 Å². The predicted molar refractivity (Wildman–Crippen MR) is 76.9 cm³/mol. The van der Waals surface area contributed by atoms with E-state index in [9.17, 15) is 4.79 Å². The standard InChI is InChI=1S/C14H17N3OS/c1-10(2)16-13(18)7-6-11-9-19-14(17-11)12-5-3-4-8-15-12/h3-5,8-10H,6-7H2,1-2H3,(H,16,18). The molecule has 0 unspecified atom stereocenters. The normalized spacial score (nSPS) is 10.7. The smallest absolute Gasteiger partial charge is 0.220 e. The molecule has 0 saturated heterocycles. The van der Waals surface area contributed by atoms with E-state index in [1.807, 2.05) is 37.4 Å². The minimum Gasteiger partial charge on any atom is -0.354 e. The van der Waals surface area contributed by atoms with Crippen LogP contribution in [0.3, 0.4) is 0 Å². The van der Waals surface area contributed by atoms with Crippen molar-refractivity contribution in [3.8, 4) is 10.7 Å². The van der Waals surface area contributed by atoms with Crippen LogP contribution in [0.1, 0.15) is 26.0 Å². The molecule has 0 aliphatic rings. The van der Waals surface area contributed by atoms with Gasteiger partial charge in [0.25, 0.3) is 0 Å². The monoisotopic (exact) mass is 275 g/mol. The third-order valence-corrected chi connectivity index (χ3v) is 3.41. The molecule has 0 aliphatic heterocycles. The van der Waals surface area contributed by atoms with E-state index < -0.39 is 0 Å². The summed E-state index contributed by atoms with van der Waals surface area (Å²) in [6.07, 6.45) is 2.90. The molecule has 1 amide bonds. The van der Waals surface area contributed by atoms with Gasteiger partial charge in [-0.25, -0.2) is 4.98 Å². The van der Waals surface area contributed by atoms with Gasteiger partial charge in [-0.3, -0.25) is 9.78 Å². The quantitative estimate of drug-likeness (QED) is 0.912. The van der Waals surface area contributed by atoms with Gasteiger partial charge in [-0.15, -0.1) is 11.3 Å². The molecular formula is C14H17N3OS. The number of pyridine rings is 1. The van der Waals surface area contributed by atoms with E-state index in [1.165, 1.54) is 0 Å². The lowest BCUT2D eigenvalue weighted by atomic mass is 10.2. The highest BCUT2D eigenvalue weighted by molar-refractivity contribution is 7.13. The van der Waals surface area contributed by atoms with E-state index in [1.54, 1.807) is 17.5 Å². The molecule has 0 atom stereocenters. The van der Waals surface area contributed by atoms with Crippen molar-refractivity contribution in [2.75, 3.05) is 0 Å². The number of nitrogens with one attached hydrogen (secondary N) is 1. The third-order valence-electron chi connectivity index (χ3n) is 2.49. The lowest BCUT2D eigenvalue weighted by Crippen LogP contribution is -2.30. The fourth-order valence-electron chi connectivity index (χ4n) is 1.66. The Morgan fingerprint density at radius 3 is 2.95 bits per heavy atom. The van der Waals surface area contributed by atoms with Crippen molar-refractivity contribution >= 4 is 17.2 Å².